The van der Waals surface area contributed by atoms with E-state index in [4.69, 9.17) is 15.0 Å². The van der Waals surface area contributed by atoms with Crippen molar-refractivity contribution in [1.82, 2.24) is 19.5 Å². The molecule has 0 aliphatic carbocycles. The summed E-state index contributed by atoms with van der Waals surface area (Å²) >= 11 is 0. The van der Waals surface area contributed by atoms with Gasteiger partial charge in [0.25, 0.3) is 0 Å². The summed E-state index contributed by atoms with van der Waals surface area (Å²) in [6.07, 6.45) is 0. The van der Waals surface area contributed by atoms with Gasteiger partial charge in [-0.3, -0.25) is 0 Å². The minimum absolute atomic E-state index is 0.623. The van der Waals surface area contributed by atoms with Crippen LogP contribution in [0.2, 0.25) is 0 Å². The van der Waals surface area contributed by atoms with Crippen molar-refractivity contribution in [2.24, 2.45) is 0 Å². The number of hydrogen-bond donors (Lipinski definition) is 0. The Labute approximate surface area is 317 Å². The van der Waals surface area contributed by atoms with Gasteiger partial charge in [-0.05, 0) is 73.8 Å². The van der Waals surface area contributed by atoms with Gasteiger partial charge in [-0.1, -0.05) is 164 Å². The van der Waals surface area contributed by atoms with E-state index >= 15 is 0 Å². The maximum atomic E-state index is 5.23. The average Bonchev–Trinajstić information content (AvgIpc) is 3.61. The van der Waals surface area contributed by atoms with E-state index in [-0.39, 0.29) is 0 Å². The molecule has 0 radical (unpaired) electrons. The van der Waals surface area contributed by atoms with Gasteiger partial charge in [0.05, 0.1) is 11.0 Å². The summed E-state index contributed by atoms with van der Waals surface area (Å²) in [7, 11) is 0. The monoisotopic (exact) mass is 700 g/mol. The molecule has 55 heavy (non-hydrogen) atoms. The summed E-state index contributed by atoms with van der Waals surface area (Å²) < 4.78 is 2.33. The van der Waals surface area contributed by atoms with Crippen molar-refractivity contribution in [3.8, 4) is 51.0 Å². The molecule has 0 unspecified atom stereocenters. The number of aromatic nitrogens is 4. The molecule has 256 valence electrons. The van der Waals surface area contributed by atoms with E-state index in [1.807, 2.05) is 6.07 Å². The lowest BCUT2D eigenvalue weighted by Gasteiger charge is -2.13. The topological polar surface area (TPSA) is 43.6 Å². The fourth-order valence-electron chi connectivity index (χ4n) is 8.24. The molecule has 2 heterocycles. The van der Waals surface area contributed by atoms with E-state index in [1.54, 1.807) is 0 Å². The van der Waals surface area contributed by atoms with Crippen LogP contribution in [0.4, 0.5) is 0 Å². The molecule has 4 heteroatoms. The van der Waals surface area contributed by atoms with Crippen LogP contribution in [0.3, 0.4) is 0 Å². The third kappa shape index (κ3) is 5.19. The van der Waals surface area contributed by atoms with Crippen LogP contribution in [0.5, 0.6) is 0 Å². The highest BCUT2D eigenvalue weighted by molar-refractivity contribution is 6.25. The number of rotatable bonds is 5. The van der Waals surface area contributed by atoms with E-state index in [9.17, 15) is 0 Å². The Morgan fingerprint density at radius 1 is 0.255 bits per heavy atom. The Kier molecular flexibility index (Phi) is 7.14. The van der Waals surface area contributed by atoms with Gasteiger partial charge in [-0.15, -0.1) is 0 Å². The lowest BCUT2D eigenvalue weighted by atomic mass is 9.93. The van der Waals surface area contributed by atoms with Gasteiger partial charge in [-0.2, -0.15) is 0 Å². The van der Waals surface area contributed by atoms with Crippen LogP contribution in [-0.4, -0.2) is 19.5 Å². The van der Waals surface area contributed by atoms with Crippen LogP contribution in [0.15, 0.2) is 194 Å². The number of nitrogens with zero attached hydrogens (tertiary/aromatic N) is 4. The quantitative estimate of drug-likeness (QED) is 0.168. The van der Waals surface area contributed by atoms with Crippen LogP contribution >= 0.6 is 0 Å². The Hall–Kier alpha value is -7.43. The zero-order chi connectivity index (χ0) is 36.3. The van der Waals surface area contributed by atoms with Gasteiger partial charge >= 0.3 is 0 Å². The SMILES string of the molecule is c1ccc(-c2ccc(-c3nc(-c4cccc(-n5c6ccccc6c6ccccc65)c4)nc(-c4ccc5c6ccccc6c6ccccc6c5c4)n3)cc2)cc1. The second-order valence-corrected chi connectivity index (χ2v) is 14.0. The van der Waals surface area contributed by atoms with Crippen molar-refractivity contribution >= 4 is 54.1 Å². The van der Waals surface area contributed by atoms with Crippen molar-refractivity contribution in [1.29, 1.82) is 0 Å². The maximum absolute atomic E-state index is 5.23. The molecule has 0 fully saturated rings. The molecule has 0 bridgehead atoms. The Morgan fingerprint density at radius 3 is 1.25 bits per heavy atom. The molecule has 11 rings (SSSR count). The molecule has 0 atom stereocenters. The van der Waals surface area contributed by atoms with Gasteiger partial charge in [0, 0.05) is 33.2 Å². The number of fused-ring (bicyclic) bond motifs is 9. The van der Waals surface area contributed by atoms with E-state index in [0.717, 1.165) is 39.0 Å². The molecule has 0 amide bonds. The maximum Gasteiger partial charge on any atom is 0.164 e. The normalized spacial score (nSPS) is 11.6. The lowest BCUT2D eigenvalue weighted by Crippen LogP contribution is -2.01. The first kappa shape index (κ1) is 31.1. The van der Waals surface area contributed by atoms with Crippen molar-refractivity contribution in [3.63, 3.8) is 0 Å². The van der Waals surface area contributed by atoms with Gasteiger partial charge < -0.3 is 4.57 Å². The predicted octanol–water partition coefficient (Wildman–Crippen LogP) is 13.1. The number of hydrogen-bond acceptors (Lipinski definition) is 3. The molecule has 0 spiro atoms. The summed E-state index contributed by atoms with van der Waals surface area (Å²) in [4.78, 5) is 15.6. The fraction of sp³-hybridized carbons (Fsp3) is 0. The van der Waals surface area contributed by atoms with Crippen LogP contribution < -0.4 is 0 Å². The van der Waals surface area contributed by atoms with Crippen molar-refractivity contribution in [2.45, 2.75) is 0 Å². The molecule has 9 aromatic carbocycles. The van der Waals surface area contributed by atoms with E-state index < -0.39 is 0 Å². The molecule has 0 N–H and O–H groups in total. The standard InChI is InChI=1S/C51H32N4/c1-2-13-33(14-3-1)34-25-27-35(28-26-34)49-52-50(36-15-12-16-38(31-36)55-47-23-10-8-21-44(47)45-22-9-11-24-48(45)55)54-51(53-49)37-29-30-43-41-19-5-4-17-39(41)40-18-6-7-20-42(40)46(43)32-37/h1-32H. The predicted molar refractivity (Wildman–Crippen MR) is 228 cm³/mol. The number of para-hydroxylation sites is 2. The van der Waals surface area contributed by atoms with Crippen molar-refractivity contribution in [2.75, 3.05) is 0 Å². The summed E-state index contributed by atoms with van der Waals surface area (Å²) in [6.45, 7) is 0. The highest BCUT2D eigenvalue weighted by Crippen LogP contribution is 2.38. The van der Waals surface area contributed by atoms with Crippen LogP contribution in [0.1, 0.15) is 0 Å². The molecule has 4 nitrogen and oxygen atoms in total. The first-order valence-electron chi connectivity index (χ1n) is 18.6. The molecular weight excluding hydrogens is 669 g/mol. The van der Waals surface area contributed by atoms with Crippen LogP contribution in [0.25, 0.3) is 105 Å². The molecule has 2 aromatic heterocycles. The fourth-order valence-corrected chi connectivity index (χ4v) is 8.24. The van der Waals surface area contributed by atoms with Gasteiger partial charge in [0.1, 0.15) is 0 Å². The minimum Gasteiger partial charge on any atom is -0.309 e. The smallest absolute Gasteiger partial charge is 0.164 e. The average molecular weight is 701 g/mol. The van der Waals surface area contributed by atoms with Crippen molar-refractivity contribution < 1.29 is 0 Å². The second kappa shape index (κ2) is 12.6. The van der Waals surface area contributed by atoms with E-state index in [0.29, 0.717) is 17.5 Å². The zero-order valence-corrected chi connectivity index (χ0v) is 29.8. The van der Waals surface area contributed by atoms with Crippen LogP contribution in [-0.2, 0) is 0 Å². The third-order valence-corrected chi connectivity index (χ3v) is 10.8. The summed E-state index contributed by atoms with van der Waals surface area (Å²) in [5.74, 6) is 1.89. The largest absolute Gasteiger partial charge is 0.309 e. The highest BCUT2D eigenvalue weighted by atomic mass is 15.0. The number of benzene rings is 9. The van der Waals surface area contributed by atoms with Gasteiger partial charge in [0.15, 0.2) is 17.5 Å². The van der Waals surface area contributed by atoms with Crippen molar-refractivity contribution in [3.05, 3.63) is 194 Å². The highest BCUT2D eigenvalue weighted by Gasteiger charge is 2.17. The van der Waals surface area contributed by atoms with Gasteiger partial charge in [-0.25, -0.2) is 15.0 Å². The molecule has 0 saturated carbocycles. The Balaban J connectivity index is 1.11. The molecule has 0 saturated heterocycles. The molecular formula is C51H32N4. The lowest BCUT2D eigenvalue weighted by molar-refractivity contribution is 1.07. The van der Waals surface area contributed by atoms with Gasteiger partial charge in [0.2, 0.25) is 0 Å². The first-order valence-corrected chi connectivity index (χ1v) is 18.6. The van der Waals surface area contributed by atoms with Crippen LogP contribution in [0, 0.1) is 0 Å². The summed E-state index contributed by atoms with van der Waals surface area (Å²) in [5, 5.41) is 9.78. The van der Waals surface area contributed by atoms with E-state index in [2.05, 4.69) is 193 Å². The third-order valence-electron chi connectivity index (χ3n) is 10.8. The Morgan fingerprint density at radius 2 is 0.655 bits per heavy atom. The second-order valence-electron chi connectivity index (χ2n) is 14.0. The Bertz CT molecular complexity index is 3160. The molecule has 0 aliphatic heterocycles. The molecule has 11 aromatic rings. The van der Waals surface area contributed by atoms with E-state index in [1.165, 1.54) is 48.7 Å². The minimum atomic E-state index is 0.623. The zero-order valence-electron chi connectivity index (χ0n) is 29.8. The first-order chi connectivity index (χ1) is 27.3. The molecule has 0 aliphatic rings. The summed E-state index contributed by atoms with van der Waals surface area (Å²) in [5.41, 5.74) is 8.48. The summed E-state index contributed by atoms with van der Waals surface area (Å²) in [6, 6.07) is 68.6.